The summed E-state index contributed by atoms with van der Waals surface area (Å²) in [6, 6.07) is 9.85. The molecule has 0 aromatic carbocycles. The first-order valence-electron chi connectivity index (χ1n) is 10.3. The molecule has 5 rings (SSSR count). The van der Waals surface area contributed by atoms with Crippen molar-refractivity contribution >= 4 is 23.4 Å². The van der Waals surface area contributed by atoms with E-state index in [0.717, 1.165) is 23.0 Å². The summed E-state index contributed by atoms with van der Waals surface area (Å²) in [6.45, 7) is 3.67. The second kappa shape index (κ2) is 8.06. The van der Waals surface area contributed by atoms with Crippen LogP contribution in [0.4, 0.5) is 21.8 Å². The van der Waals surface area contributed by atoms with Gasteiger partial charge in [0.05, 0.1) is 11.9 Å². The number of nitrogens with zero attached hydrogens (tertiary/aromatic N) is 6. The molecule has 0 fully saturated rings. The molecule has 9 nitrogen and oxygen atoms in total. The maximum atomic E-state index is 13.1. The molecule has 1 unspecified atom stereocenters. The molecule has 0 saturated heterocycles. The Bertz CT molecular complexity index is 1350. The van der Waals surface area contributed by atoms with Gasteiger partial charge in [-0.15, -0.1) is 0 Å². The number of anilines is 3. The molecule has 0 saturated carbocycles. The van der Waals surface area contributed by atoms with E-state index >= 15 is 0 Å². The Kier molecular flexibility index (Phi) is 5.06. The summed E-state index contributed by atoms with van der Waals surface area (Å²) < 4.78 is 14.6. The van der Waals surface area contributed by atoms with Gasteiger partial charge >= 0.3 is 0 Å². The van der Waals surface area contributed by atoms with Crippen LogP contribution >= 0.6 is 0 Å². The minimum absolute atomic E-state index is 0.119. The first kappa shape index (κ1) is 20.7. The number of carbonyl (C=O) groups is 1. The van der Waals surface area contributed by atoms with Gasteiger partial charge in [0.25, 0.3) is 0 Å². The summed E-state index contributed by atoms with van der Waals surface area (Å²) in [5.41, 5.74) is 3.68. The average Bonchev–Trinajstić information content (AvgIpc) is 3.24. The van der Waals surface area contributed by atoms with Gasteiger partial charge in [0, 0.05) is 35.3 Å². The number of pyridine rings is 3. The number of amides is 1. The van der Waals surface area contributed by atoms with Crippen LogP contribution in [-0.4, -0.2) is 42.3 Å². The van der Waals surface area contributed by atoms with Gasteiger partial charge in [0.2, 0.25) is 5.91 Å². The van der Waals surface area contributed by atoms with Crippen molar-refractivity contribution in [2.24, 2.45) is 0 Å². The highest BCUT2D eigenvalue weighted by Crippen LogP contribution is 2.40. The van der Waals surface area contributed by atoms with Crippen molar-refractivity contribution in [1.29, 1.82) is 0 Å². The molecule has 0 aliphatic carbocycles. The number of carbonyl (C=O) groups excluding carboxylic acids is 1. The monoisotopic (exact) mass is 445 g/mol. The van der Waals surface area contributed by atoms with Crippen LogP contribution in [0, 0.1) is 19.7 Å². The quantitative estimate of drug-likeness (QED) is 0.497. The maximum absolute atomic E-state index is 13.1. The van der Waals surface area contributed by atoms with Gasteiger partial charge in [-0.1, -0.05) is 0 Å². The molecule has 10 heteroatoms. The number of fused-ring (bicyclic) bond motifs is 2. The molecule has 1 amide bonds. The predicted octanol–water partition coefficient (Wildman–Crippen LogP) is 3.12. The predicted molar refractivity (Wildman–Crippen MR) is 119 cm³/mol. The van der Waals surface area contributed by atoms with Crippen molar-refractivity contribution < 1.29 is 14.3 Å². The molecule has 166 valence electrons. The van der Waals surface area contributed by atoms with Crippen molar-refractivity contribution in [3.05, 3.63) is 77.6 Å². The van der Waals surface area contributed by atoms with Crippen LogP contribution in [0.25, 0.3) is 11.3 Å². The van der Waals surface area contributed by atoms with Crippen molar-refractivity contribution in [3.8, 4) is 11.3 Å². The van der Waals surface area contributed by atoms with Gasteiger partial charge in [-0.25, -0.2) is 19.0 Å². The molecule has 4 aromatic heterocycles. The molecule has 4 aromatic rings. The second-order valence-electron chi connectivity index (χ2n) is 7.76. The number of aromatic nitrogens is 5. The first-order chi connectivity index (χ1) is 15.9. The number of rotatable bonds is 4. The SMILES string of the molecule is Cc1ccc2c(n1)N(CC(=O)Nc1ccc(F)cn1)c1cc(-c3cnccc3C)nn1C2O. The highest BCUT2D eigenvalue weighted by atomic mass is 19.1. The largest absolute Gasteiger partial charge is 0.368 e. The lowest BCUT2D eigenvalue weighted by atomic mass is 10.1. The summed E-state index contributed by atoms with van der Waals surface area (Å²) in [4.78, 5) is 27.2. The topological polar surface area (TPSA) is 109 Å². The van der Waals surface area contributed by atoms with E-state index in [-0.39, 0.29) is 18.3 Å². The minimum atomic E-state index is -1.06. The third-order valence-corrected chi connectivity index (χ3v) is 5.41. The molecule has 1 aliphatic rings. The highest BCUT2D eigenvalue weighted by molar-refractivity contribution is 5.94. The van der Waals surface area contributed by atoms with Crippen LogP contribution < -0.4 is 10.2 Å². The Morgan fingerprint density at radius 3 is 2.79 bits per heavy atom. The lowest BCUT2D eigenvalue weighted by Gasteiger charge is -2.32. The van der Waals surface area contributed by atoms with E-state index in [1.54, 1.807) is 35.5 Å². The van der Waals surface area contributed by atoms with E-state index in [2.05, 4.69) is 25.4 Å². The molecule has 5 heterocycles. The fraction of sp³-hybridized carbons (Fsp3) is 0.174. The van der Waals surface area contributed by atoms with Gasteiger partial charge in [-0.2, -0.15) is 5.10 Å². The number of halogens is 1. The molecular weight excluding hydrogens is 425 g/mol. The summed E-state index contributed by atoms with van der Waals surface area (Å²) >= 11 is 0. The van der Waals surface area contributed by atoms with E-state index in [4.69, 9.17) is 0 Å². The van der Waals surface area contributed by atoms with Crippen LogP contribution in [0.2, 0.25) is 0 Å². The van der Waals surface area contributed by atoms with E-state index in [9.17, 15) is 14.3 Å². The van der Waals surface area contributed by atoms with Crippen molar-refractivity contribution in [2.75, 3.05) is 16.8 Å². The smallest absolute Gasteiger partial charge is 0.245 e. The Balaban J connectivity index is 1.55. The molecule has 1 aliphatic heterocycles. The summed E-state index contributed by atoms with van der Waals surface area (Å²) in [6.07, 6.45) is 3.38. The van der Waals surface area contributed by atoms with Gasteiger partial charge < -0.3 is 15.3 Å². The Hall–Kier alpha value is -4.18. The fourth-order valence-electron chi connectivity index (χ4n) is 3.77. The fourth-order valence-corrected chi connectivity index (χ4v) is 3.77. The lowest BCUT2D eigenvalue weighted by molar-refractivity contribution is -0.114. The number of hydrogen-bond acceptors (Lipinski definition) is 7. The Morgan fingerprint density at radius 2 is 2.03 bits per heavy atom. The van der Waals surface area contributed by atoms with Gasteiger partial charge in [0.1, 0.15) is 29.8 Å². The highest BCUT2D eigenvalue weighted by Gasteiger charge is 2.33. The zero-order chi connectivity index (χ0) is 23.1. The Morgan fingerprint density at radius 1 is 1.18 bits per heavy atom. The van der Waals surface area contributed by atoms with Crippen molar-refractivity contribution in [2.45, 2.75) is 20.1 Å². The van der Waals surface area contributed by atoms with E-state index < -0.39 is 12.0 Å². The molecule has 0 bridgehead atoms. The number of hydrogen-bond donors (Lipinski definition) is 2. The third kappa shape index (κ3) is 3.80. The number of aliphatic hydroxyl groups excluding tert-OH is 1. The van der Waals surface area contributed by atoms with Crippen molar-refractivity contribution in [1.82, 2.24) is 24.7 Å². The second-order valence-corrected chi connectivity index (χ2v) is 7.76. The van der Waals surface area contributed by atoms with Crippen LogP contribution in [0.15, 0.2) is 55.0 Å². The van der Waals surface area contributed by atoms with E-state index in [1.807, 2.05) is 19.9 Å². The van der Waals surface area contributed by atoms with E-state index in [0.29, 0.717) is 22.9 Å². The molecule has 1 atom stereocenters. The van der Waals surface area contributed by atoms with Crippen LogP contribution in [0.5, 0.6) is 0 Å². The van der Waals surface area contributed by atoms with Crippen molar-refractivity contribution in [3.63, 3.8) is 0 Å². The summed E-state index contributed by atoms with van der Waals surface area (Å²) in [7, 11) is 0. The van der Waals surface area contributed by atoms with Gasteiger partial charge in [0.15, 0.2) is 6.23 Å². The van der Waals surface area contributed by atoms with Gasteiger partial charge in [-0.3, -0.25) is 9.78 Å². The first-order valence-corrected chi connectivity index (χ1v) is 10.3. The molecule has 2 N–H and O–H groups in total. The lowest BCUT2D eigenvalue weighted by Crippen LogP contribution is -2.36. The zero-order valence-corrected chi connectivity index (χ0v) is 17.9. The number of aryl methyl sites for hydroxylation is 2. The molecule has 0 radical (unpaired) electrons. The molecular formula is C23H20FN7O2. The minimum Gasteiger partial charge on any atom is -0.368 e. The number of nitrogens with one attached hydrogen (secondary N) is 1. The standard InChI is InChI=1S/C23H20FN7O2/c1-13-7-8-25-11-17(13)18-9-21-30(12-20(32)28-19-6-4-15(24)10-26-19)22-16(5-3-14(2)27-22)23(33)31(21)29-18/h3-11,23,33H,12H2,1-2H3,(H,26,28,32). The maximum Gasteiger partial charge on any atom is 0.245 e. The van der Waals surface area contributed by atoms with Crippen LogP contribution in [0.3, 0.4) is 0 Å². The third-order valence-electron chi connectivity index (χ3n) is 5.41. The molecule has 33 heavy (non-hydrogen) atoms. The normalized spacial score (nSPS) is 14.5. The van der Waals surface area contributed by atoms with E-state index in [1.165, 1.54) is 16.8 Å². The average molecular weight is 445 g/mol. The molecule has 0 spiro atoms. The zero-order valence-electron chi connectivity index (χ0n) is 17.9. The Labute approximate surface area is 188 Å². The number of aliphatic hydroxyl groups is 1. The summed E-state index contributed by atoms with van der Waals surface area (Å²) in [5, 5.41) is 18.3. The van der Waals surface area contributed by atoms with Crippen LogP contribution in [-0.2, 0) is 4.79 Å². The van der Waals surface area contributed by atoms with Crippen LogP contribution in [0.1, 0.15) is 23.0 Å². The van der Waals surface area contributed by atoms with Gasteiger partial charge in [-0.05, 0) is 49.7 Å². The summed E-state index contributed by atoms with van der Waals surface area (Å²) in [5.74, 6) is 0.330.